The van der Waals surface area contributed by atoms with Gasteiger partial charge in [-0.05, 0) is 24.3 Å². The molecule has 2 heterocycles. The van der Waals surface area contributed by atoms with Crippen molar-refractivity contribution in [2.45, 2.75) is 6.54 Å². The average Bonchev–Trinajstić information content (AvgIpc) is 2.89. The van der Waals surface area contributed by atoms with Gasteiger partial charge in [0, 0.05) is 0 Å². The van der Waals surface area contributed by atoms with Crippen molar-refractivity contribution in [3.05, 3.63) is 53.7 Å². The third-order valence-corrected chi connectivity index (χ3v) is 2.20. The monoisotopic (exact) mass is 246 g/mol. The zero-order valence-corrected chi connectivity index (χ0v) is 9.29. The van der Waals surface area contributed by atoms with Gasteiger partial charge in [0.1, 0.15) is 17.1 Å². The molecule has 2 aromatic heterocycles. The van der Waals surface area contributed by atoms with E-state index in [1.165, 1.54) is 24.5 Å². The number of pyridine rings is 1. The Labute approximate surface area is 102 Å². The first-order valence-electron chi connectivity index (χ1n) is 5.18. The number of carbonyl (C=O) groups is 2. The van der Waals surface area contributed by atoms with Gasteiger partial charge in [0.25, 0.3) is 5.91 Å². The Morgan fingerprint density at radius 1 is 1.22 bits per heavy atom. The van der Waals surface area contributed by atoms with Crippen LogP contribution in [0.1, 0.15) is 26.7 Å². The molecule has 0 aliphatic carbocycles. The van der Waals surface area contributed by atoms with Gasteiger partial charge < -0.3 is 14.8 Å². The first kappa shape index (κ1) is 11.8. The predicted molar refractivity (Wildman–Crippen MR) is 61.1 cm³/mol. The molecule has 0 saturated carbocycles. The second-order valence-corrected chi connectivity index (χ2v) is 3.48. The molecule has 0 aliphatic heterocycles. The second kappa shape index (κ2) is 5.13. The molecule has 0 unspecified atom stereocenters. The molecular formula is C12H10N2O4. The van der Waals surface area contributed by atoms with E-state index in [2.05, 4.69) is 10.3 Å². The maximum absolute atomic E-state index is 11.7. The molecule has 2 N–H and O–H groups in total. The molecule has 0 aliphatic rings. The Morgan fingerprint density at radius 3 is 2.67 bits per heavy atom. The maximum Gasteiger partial charge on any atom is 0.354 e. The van der Waals surface area contributed by atoms with E-state index in [4.69, 9.17) is 9.52 Å². The van der Waals surface area contributed by atoms with E-state index in [-0.39, 0.29) is 17.9 Å². The summed E-state index contributed by atoms with van der Waals surface area (Å²) < 4.78 is 5.05. The minimum Gasteiger partial charge on any atom is -0.477 e. The van der Waals surface area contributed by atoms with Crippen LogP contribution < -0.4 is 5.32 Å². The molecule has 0 bridgehead atoms. The smallest absolute Gasteiger partial charge is 0.354 e. The van der Waals surface area contributed by atoms with Crippen LogP contribution in [0.5, 0.6) is 0 Å². The highest BCUT2D eigenvalue weighted by Crippen LogP contribution is 2.02. The summed E-state index contributed by atoms with van der Waals surface area (Å²) in [6.07, 6.45) is 1.50. The molecule has 1 amide bonds. The molecule has 0 saturated heterocycles. The van der Waals surface area contributed by atoms with E-state index in [1.54, 1.807) is 12.1 Å². The fourth-order valence-corrected chi connectivity index (χ4v) is 1.35. The molecule has 18 heavy (non-hydrogen) atoms. The van der Waals surface area contributed by atoms with E-state index < -0.39 is 11.9 Å². The van der Waals surface area contributed by atoms with Crippen LogP contribution in [0.2, 0.25) is 0 Å². The first-order chi connectivity index (χ1) is 8.66. The SMILES string of the molecule is O=C(O)c1cccc(C(=O)NCc2ccco2)n1. The summed E-state index contributed by atoms with van der Waals surface area (Å²) in [5.74, 6) is -1.01. The van der Waals surface area contributed by atoms with Crippen LogP contribution in [0, 0.1) is 0 Å². The average molecular weight is 246 g/mol. The summed E-state index contributed by atoms with van der Waals surface area (Å²) in [5, 5.41) is 11.3. The number of rotatable bonds is 4. The number of hydrogen-bond acceptors (Lipinski definition) is 4. The molecule has 0 radical (unpaired) electrons. The minimum atomic E-state index is -1.17. The third-order valence-electron chi connectivity index (χ3n) is 2.20. The highest BCUT2D eigenvalue weighted by atomic mass is 16.4. The number of aromatic nitrogens is 1. The van der Waals surface area contributed by atoms with Crippen molar-refractivity contribution in [2.75, 3.05) is 0 Å². The van der Waals surface area contributed by atoms with Crippen molar-refractivity contribution >= 4 is 11.9 Å². The highest BCUT2D eigenvalue weighted by Gasteiger charge is 2.11. The lowest BCUT2D eigenvalue weighted by atomic mass is 10.3. The standard InChI is InChI=1S/C12H10N2O4/c15-11(13-7-8-3-2-6-18-8)9-4-1-5-10(14-9)12(16)17/h1-6H,7H2,(H,13,15)(H,16,17). The number of furan rings is 1. The van der Waals surface area contributed by atoms with Crippen LogP contribution in [-0.2, 0) is 6.54 Å². The van der Waals surface area contributed by atoms with Gasteiger partial charge in [-0.25, -0.2) is 9.78 Å². The van der Waals surface area contributed by atoms with Crippen molar-refractivity contribution in [1.82, 2.24) is 10.3 Å². The van der Waals surface area contributed by atoms with Crippen molar-refractivity contribution in [2.24, 2.45) is 0 Å². The van der Waals surface area contributed by atoms with E-state index in [1.807, 2.05) is 0 Å². The quantitative estimate of drug-likeness (QED) is 0.848. The molecule has 0 aromatic carbocycles. The molecule has 6 nitrogen and oxygen atoms in total. The largest absolute Gasteiger partial charge is 0.477 e. The molecule has 0 atom stereocenters. The van der Waals surface area contributed by atoms with Gasteiger partial charge >= 0.3 is 5.97 Å². The fourth-order valence-electron chi connectivity index (χ4n) is 1.35. The van der Waals surface area contributed by atoms with Gasteiger partial charge in [0.05, 0.1) is 12.8 Å². The lowest BCUT2D eigenvalue weighted by Gasteiger charge is -2.03. The van der Waals surface area contributed by atoms with Crippen molar-refractivity contribution in [3.8, 4) is 0 Å². The summed E-state index contributed by atoms with van der Waals surface area (Å²) >= 11 is 0. The van der Waals surface area contributed by atoms with Crippen molar-refractivity contribution in [1.29, 1.82) is 0 Å². The van der Waals surface area contributed by atoms with Gasteiger partial charge in [0.2, 0.25) is 0 Å². The van der Waals surface area contributed by atoms with E-state index in [0.717, 1.165) is 0 Å². The Bertz CT molecular complexity index is 563. The highest BCUT2D eigenvalue weighted by molar-refractivity contribution is 5.94. The van der Waals surface area contributed by atoms with Crippen LogP contribution >= 0.6 is 0 Å². The topological polar surface area (TPSA) is 92.4 Å². The molecule has 6 heteroatoms. The number of nitrogens with zero attached hydrogens (tertiary/aromatic N) is 1. The van der Waals surface area contributed by atoms with E-state index in [0.29, 0.717) is 5.76 Å². The molecule has 2 aromatic rings. The summed E-state index contributed by atoms with van der Waals surface area (Å²) in [6, 6.07) is 7.68. The van der Waals surface area contributed by atoms with Crippen molar-refractivity contribution < 1.29 is 19.1 Å². The number of carboxylic acid groups (broad SMARTS) is 1. The zero-order valence-electron chi connectivity index (χ0n) is 9.29. The van der Waals surface area contributed by atoms with Crippen LogP contribution in [0.25, 0.3) is 0 Å². The number of carboxylic acids is 1. The van der Waals surface area contributed by atoms with Crippen LogP contribution in [0.4, 0.5) is 0 Å². The van der Waals surface area contributed by atoms with E-state index >= 15 is 0 Å². The number of hydrogen-bond donors (Lipinski definition) is 2. The lowest BCUT2D eigenvalue weighted by Crippen LogP contribution is -2.24. The molecule has 92 valence electrons. The molecule has 2 rings (SSSR count). The third kappa shape index (κ3) is 2.73. The van der Waals surface area contributed by atoms with E-state index in [9.17, 15) is 9.59 Å². The lowest BCUT2D eigenvalue weighted by molar-refractivity contribution is 0.0690. The summed E-state index contributed by atoms with van der Waals surface area (Å²) in [6.45, 7) is 0.227. The van der Waals surface area contributed by atoms with Crippen LogP contribution in [-0.4, -0.2) is 22.0 Å². The minimum absolute atomic E-state index is 0.0569. The summed E-state index contributed by atoms with van der Waals surface area (Å²) in [4.78, 5) is 26.1. The maximum atomic E-state index is 11.7. The fraction of sp³-hybridized carbons (Fsp3) is 0.0833. The zero-order chi connectivity index (χ0) is 13.0. The number of carbonyl (C=O) groups excluding carboxylic acids is 1. The van der Waals surface area contributed by atoms with Crippen molar-refractivity contribution in [3.63, 3.8) is 0 Å². The molecule has 0 spiro atoms. The predicted octanol–water partition coefficient (Wildman–Crippen LogP) is 1.30. The van der Waals surface area contributed by atoms with Gasteiger partial charge in [0.15, 0.2) is 0 Å². The number of nitrogens with one attached hydrogen (secondary N) is 1. The van der Waals surface area contributed by atoms with Gasteiger partial charge in [-0.1, -0.05) is 6.07 Å². The normalized spacial score (nSPS) is 10.0. The number of aromatic carboxylic acids is 1. The van der Waals surface area contributed by atoms with Crippen LogP contribution in [0.15, 0.2) is 41.0 Å². The summed E-state index contributed by atoms with van der Waals surface area (Å²) in [5.41, 5.74) is -0.109. The Hall–Kier alpha value is -2.63. The first-order valence-corrected chi connectivity index (χ1v) is 5.18. The second-order valence-electron chi connectivity index (χ2n) is 3.48. The Kier molecular flexibility index (Phi) is 3.38. The number of amides is 1. The van der Waals surface area contributed by atoms with Gasteiger partial charge in [-0.15, -0.1) is 0 Å². The summed E-state index contributed by atoms with van der Waals surface area (Å²) in [7, 11) is 0. The van der Waals surface area contributed by atoms with Gasteiger partial charge in [-0.2, -0.15) is 0 Å². The molecular weight excluding hydrogens is 236 g/mol. The van der Waals surface area contributed by atoms with Crippen LogP contribution in [0.3, 0.4) is 0 Å². The Morgan fingerprint density at radius 2 is 2.00 bits per heavy atom. The Balaban J connectivity index is 2.04. The molecule has 0 fully saturated rings. The van der Waals surface area contributed by atoms with Gasteiger partial charge in [-0.3, -0.25) is 4.79 Å².